The van der Waals surface area contributed by atoms with Gasteiger partial charge in [0, 0.05) is 26.3 Å². The summed E-state index contributed by atoms with van der Waals surface area (Å²) in [4.78, 5) is 21.6. The van der Waals surface area contributed by atoms with Crippen molar-refractivity contribution < 1.29 is 0 Å². The SMILES string of the molecule is Cc1cnn(C2CCN(c3nc4c(cnn4C)c(=O)[nH]3)C2)c1. The second-order valence-corrected chi connectivity index (χ2v) is 5.78. The van der Waals surface area contributed by atoms with Crippen LogP contribution in [-0.4, -0.2) is 42.6 Å². The Morgan fingerprint density at radius 2 is 2.18 bits per heavy atom. The maximum Gasteiger partial charge on any atom is 0.263 e. The van der Waals surface area contributed by atoms with E-state index in [4.69, 9.17) is 0 Å². The minimum absolute atomic E-state index is 0.147. The molecule has 1 saturated heterocycles. The summed E-state index contributed by atoms with van der Waals surface area (Å²) in [6.45, 7) is 3.66. The molecule has 22 heavy (non-hydrogen) atoms. The Balaban J connectivity index is 1.65. The molecule has 0 radical (unpaired) electrons. The molecule has 0 bridgehead atoms. The van der Waals surface area contributed by atoms with Gasteiger partial charge in [0.1, 0.15) is 5.39 Å². The van der Waals surface area contributed by atoms with Crippen molar-refractivity contribution in [2.45, 2.75) is 19.4 Å². The predicted octanol–water partition coefficient (Wildman–Crippen LogP) is 0.613. The van der Waals surface area contributed by atoms with Gasteiger partial charge in [-0.25, -0.2) is 0 Å². The van der Waals surface area contributed by atoms with Crippen molar-refractivity contribution in [3.05, 3.63) is 34.5 Å². The first-order chi connectivity index (χ1) is 10.6. The van der Waals surface area contributed by atoms with Gasteiger partial charge in [0.2, 0.25) is 5.95 Å². The Labute approximate surface area is 126 Å². The van der Waals surface area contributed by atoms with Gasteiger partial charge in [-0.2, -0.15) is 15.2 Å². The summed E-state index contributed by atoms with van der Waals surface area (Å²) < 4.78 is 3.62. The van der Waals surface area contributed by atoms with Crippen LogP contribution in [-0.2, 0) is 7.05 Å². The van der Waals surface area contributed by atoms with Gasteiger partial charge >= 0.3 is 0 Å². The maximum atomic E-state index is 12.1. The first-order valence-corrected chi connectivity index (χ1v) is 7.29. The summed E-state index contributed by atoms with van der Waals surface area (Å²) >= 11 is 0. The van der Waals surface area contributed by atoms with Crippen molar-refractivity contribution in [1.82, 2.24) is 29.5 Å². The predicted molar refractivity (Wildman–Crippen MR) is 82.0 cm³/mol. The number of hydrogen-bond donors (Lipinski definition) is 1. The lowest BCUT2D eigenvalue weighted by Gasteiger charge is -2.17. The van der Waals surface area contributed by atoms with Crippen LogP contribution in [0.3, 0.4) is 0 Å². The third-order valence-electron chi connectivity index (χ3n) is 4.16. The summed E-state index contributed by atoms with van der Waals surface area (Å²) in [5.41, 5.74) is 1.62. The molecule has 4 heterocycles. The molecule has 1 aliphatic rings. The van der Waals surface area contributed by atoms with Crippen LogP contribution in [0.5, 0.6) is 0 Å². The smallest absolute Gasteiger partial charge is 0.263 e. The fourth-order valence-corrected chi connectivity index (χ4v) is 2.95. The van der Waals surface area contributed by atoms with Gasteiger partial charge in [0.25, 0.3) is 5.56 Å². The van der Waals surface area contributed by atoms with Crippen molar-refractivity contribution in [1.29, 1.82) is 0 Å². The van der Waals surface area contributed by atoms with Crippen LogP contribution in [0, 0.1) is 6.92 Å². The average Bonchev–Trinajstić information content (AvgIpc) is 3.19. The quantitative estimate of drug-likeness (QED) is 0.749. The van der Waals surface area contributed by atoms with Crippen LogP contribution in [0.15, 0.2) is 23.4 Å². The lowest BCUT2D eigenvalue weighted by molar-refractivity contribution is 0.494. The van der Waals surface area contributed by atoms with Crippen LogP contribution in [0.2, 0.25) is 0 Å². The monoisotopic (exact) mass is 299 g/mol. The Morgan fingerprint density at radius 1 is 1.32 bits per heavy atom. The molecule has 0 saturated carbocycles. The van der Waals surface area contributed by atoms with Gasteiger partial charge in [0.15, 0.2) is 5.65 Å². The Morgan fingerprint density at radius 3 is 2.95 bits per heavy atom. The summed E-state index contributed by atoms with van der Waals surface area (Å²) in [7, 11) is 1.79. The van der Waals surface area contributed by atoms with Crippen LogP contribution >= 0.6 is 0 Å². The lowest BCUT2D eigenvalue weighted by Crippen LogP contribution is -2.26. The average molecular weight is 299 g/mol. The molecule has 8 nitrogen and oxygen atoms in total. The van der Waals surface area contributed by atoms with Crippen molar-refractivity contribution in [3.8, 4) is 0 Å². The molecule has 0 aromatic carbocycles. The van der Waals surface area contributed by atoms with Crippen molar-refractivity contribution in [2.75, 3.05) is 18.0 Å². The number of nitrogens with zero attached hydrogens (tertiary/aromatic N) is 6. The molecule has 8 heteroatoms. The number of anilines is 1. The number of aromatic amines is 1. The standard InChI is InChI=1S/C14H17N7O/c1-9-5-16-21(7-9)10-3-4-20(8-10)14-17-12-11(13(22)18-14)6-15-19(12)2/h5-7,10H,3-4,8H2,1-2H3,(H,17,18,22). The molecule has 1 fully saturated rings. The molecule has 1 unspecified atom stereocenters. The number of hydrogen-bond acceptors (Lipinski definition) is 5. The van der Waals surface area contributed by atoms with Crippen LogP contribution in [0.1, 0.15) is 18.0 Å². The van der Waals surface area contributed by atoms with E-state index in [1.54, 1.807) is 17.9 Å². The van der Waals surface area contributed by atoms with E-state index in [1.165, 1.54) is 0 Å². The number of aromatic nitrogens is 6. The fourth-order valence-electron chi connectivity index (χ4n) is 2.95. The van der Waals surface area contributed by atoms with E-state index in [9.17, 15) is 4.79 Å². The second-order valence-electron chi connectivity index (χ2n) is 5.78. The van der Waals surface area contributed by atoms with Gasteiger partial charge in [-0.15, -0.1) is 0 Å². The van der Waals surface area contributed by atoms with Gasteiger partial charge in [-0.1, -0.05) is 0 Å². The number of aryl methyl sites for hydroxylation is 2. The van der Waals surface area contributed by atoms with E-state index < -0.39 is 0 Å². The summed E-state index contributed by atoms with van der Waals surface area (Å²) in [6, 6.07) is 0.307. The molecule has 3 aromatic rings. The summed E-state index contributed by atoms with van der Waals surface area (Å²) in [6.07, 6.45) is 6.44. The zero-order valence-corrected chi connectivity index (χ0v) is 12.5. The highest BCUT2D eigenvalue weighted by molar-refractivity contribution is 5.74. The van der Waals surface area contributed by atoms with Gasteiger partial charge in [-0.3, -0.25) is 19.1 Å². The minimum atomic E-state index is -0.147. The Hall–Kier alpha value is -2.64. The third-order valence-corrected chi connectivity index (χ3v) is 4.16. The zero-order valence-electron chi connectivity index (χ0n) is 12.5. The summed E-state index contributed by atoms with van der Waals surface area (Å²) in [5.74, 6) is 0.604. The van der Waals surface area contributed by atoms with Crippen molar-refractivity contribution >= 4 is 17.0 Å². The van der Waals surface area contributed by atoms with E-state index in [0.717, 1.165) is 25.1 Å². The van der Waals surface area contributed by atoms with Gasteiger partial charge in [0.05, 0.1) is 18.4 Å². The highest BCUT2D eigenvalue weighted by Gasteiger charge is 2.26. The first-order valence-electron chi connectivity index (χ1n) is 7.29. The minimum Gasteiger partial charge on any atom is -0.340 e. The lowest BCUT2D eigenvalue weighted by atomic mass is 10.3. The molecular weight excluding hydrogens is 282 g/mol. The second kappa shape index (κ2) is 4.69. The molecule has 0 spiro atoms. The topological polar surface area (TPSA) is 84.6 Å². The normalized spacial score (nSPS) is 18.5. The van der Waals surface area contributed by atoms with Crippen LogP contribution in [0.25, 0.3) is 11.0 Å². The van der Waals surface area contributed by atoms with Gasteiger partial charge in [-0.05, 0) is 18.9 Å². The van der Waals surface area contributed by atoms with Crippen molar-refractivity contribution in [3.63, 3.8) is 0 Å². The first kappa shape index (κ1) is 13.1. The van der Waals surface area contributed by atoms with Crippen molar-refractivity contribution in [2.24, 2.45) is 7.05 Å². The van der Waals surface area contributed by atoms with Crippen LogP contribution < -0.4 is 10.5 Å². The molecule has 1 aliphatic heterocycles. The zero-order chi connectivity index (χ0) is 15.3. The molecule has 114 valence electrons. The van der Waals surface area contributed by atoms with E-state index in [-0.39, 0.29) is 5.56 Å². The molecule has 1 atom stereocenters. The highest BCUT2D eigenvalue weighted by Crippen LogP contribution is 2.24. The largest absolute Gasteiger partial charge is 0.340 e. The van der Waals surface area contributed by atoms with Crippen LogP contribution in [0.4, 0.5) is 5.95 Å². The molecule has 0 amide bonds. The summed E-state index contributed by atoms with van der Waals surface area (Å²) in [5, 5.41) is 8.99. The van der Waals surface area contributed by atoms with E-state index >= 15 is 0 Å². The number of H-pyrrole nitrogens is 1. The fraction of sp³-hybridized carbons (Fsp3) is 0.429. The molecule has 1 N–H and O–H groups in total. The number of nitrogens with one attached hydrogen (secondary N) is 1. The maximum absolute atomic E-state index is 12.1. The Bertz CT molecular complexity index is 890. The molecular formula is C14H17N7O. The highest BCUT2D eigenvalue weighted by atomic mass is 16.1. The van der Waals surface area contributed by atoms with Gasteiger partial charge < -0.3 is 4.90 Å². The molecule has 4 rings (SSSR count). The molecule has 0 aliphatic carbocycles. The third kappa shape index (κ3) is 1.99. The number of fused-ring (bicyclic) bond motifs is 1. The van der Waals surface area contributed by atoms with E-state index in [1.807, 2.05) is 17.8 Å². The molecule has 3 aromatic heterocycles. The van der Waals surface area contributed by atoms with E-state index in [0.29, 0.717) is 23.0 Å². The Kier molecular flexibility index (Phi) is 2.78. The van der Waals surface area contributed by atoms with E-state index in [2.05, 4.69) is 31.3 Å². The number of rotatable bonds is 2.